The Bertz CT molecular complexity index is 918. The van der Waals surface area contributed by atoms with Gasteiger partial charge in [-0.25, -0.2) is 4.98 Å². The van der Waals surface area contributed by atoms with Crippen LogP contribution in [0.1, 0.15) is 35.9 Å². The van der Waals surface area contributed by atoms with Crippen molar-refractivity contribution in [2.45, 2.75) is 26.8 Å². The van der Waals surface area contributed by atoms with Crippen LogP contribution in [0.2, 0.25) is 0 Å². The van der Waals surface area contributed by atoms with Crippen LogP contribution in [-0.4, -0.2) is 45.7 Å². The molecule has 142 valence electrons. The van der Waals surface area contributed by atoms with Crippen molar-refractivity contribution in [2.75, 3.05) is 20.3 Å². The lowest BCUT2D eigenvalue weighted by Gasteiger charge is -2.14. The van der Waals surface area contributed by atoms with Crippen molar-refractivity contribution in [3.8, 4) is 22.1 Å². The monoisotopic (exact) mass is 385 g/mol. The molecule has 3 aromatic rings. The summed E-state index contributed by atoms with van der Waals surface area (Å²) in [6.07, 6.45) is 4.99. The third-order valence-corrected chi connectivity index (χ3v) is 5.06. The van der Waals surface area contributed by atoms with E-state index in [9.17, 15) is 4.79 Å². The van der Waals surface area contributed by atoms with Crippen molar-refractivity contribution in [3.05, 3.63) is 41.3 Å². The zero-order chi connectivity index (χ0) is 19.4. The smallest absolute Gasteiger partial charge is 0.253 e. The second-order valence-electron chi connectivity index (χ2n) is 6.37. The third kappa shape index (κ3) is 4.06. The number of hydrogen-bond donors (Lipinski definition) is 1. The van der Waals surface area contributed by atoms with Crippen molar-refractivity contribution in [2.24, 2.45) is 0 Å². The summed E-state index contributed by atoms with van der Waals surface area (Å²) in [6, 6.07) is 2.11. The third-order valence-electron chi connectivity index (χ3n) is 4.19. The number of rotatable bonds is 7. The number of thiazole rings is 1. The SMILES string of the molecule is COCCNC(=O)c1cc(-c2csc(-c3cnccn3)n2)n(C(C)C)c1C. The molecule has 1 N–H and O–H groups in total. The number of carbonyl (C=O) groups is 1. The van der Waals surface area contributed by atoms with Crippen molar-refractivity contribution >= 4 is 17.2 Å². The fourth-order valence-electron chi connectivity index (χ4n) is 2.99. The van der Waals surface area contributed by atoms with Gasteiger partial charge in [0.05, 0.1) is 29.8 Å². The molecule has 0 saturated carbocycles. The summed E-state index contributed by atoms with van der Waals surface area (Å²) in [5.41, 5.74) is 4.07. The largest absolute Gasteiger partial charge is 0.383 e. The number of carbonyl (C=O) groups excluding carboxylic acids is 1. The normalized spacial score (nSPS) is 11.1. The fourth-order valence-corrected chi connectivity index (χ4v) is 3.77. The molecule has 7 nitrogen and oxygen atoms in total. The summed E-state index contributed by atoms with van der Waals surface area (Å²) >= 11 is 1.51. The Kier molecular flexibility index (Phi) is 5.98. The van der Waals surface area contributed by atoms with E-state index < -0.39 is 0 Å². The number of aromatic nitrogens is 4. The average molecular weight is 385 g/mol. The van der Waals surface area contributed by atoms with Crippen LogP contribution in [0.5, 0.6) is 0 Å². The minimum absolute atomic E-state index is 0.102. The molecule has 3 rings (SSSR count). The molecule has 0 spiro atoms. The van der Waals surface area contributed by atoms with Crippen LogP contribution in [0.25, 0.3) is 22.1 Å². The Morgan fingerprint density at radius 2 is 2.15 bits per heavy atom. The molecular formula is C19H23N5O2S. The molecule has 3 aromatic heterocycles. The zero-order valence-corrected chi connectivity index (χ0v) is 16.7. The number of ether oxygens (including phenoxy) is 1. The first-order chi connectivity index (χ1) is 13.0. The summed E-state index contributed by atoms with van der Waals surface area (Å²) < 4.78 is 7.14. The van der Waals surface area contributed by atoms with Crippen LogP contribution in [0.3, 0.4) is 0 Å². The van der Waals surface area contributed by atoms with Crippen molar-refractivity contribution in [1.29, 1.82) is 0 Å². The van der Waals surface area contributed by atoms with E-state index in [-0.39, 0.29) is 11.9 Å². The van der Waals surface area contributed by atoms with Gasteiger partial charge in [-0.05, 0) is 26.8 Å². The Hall–Kier alpha value is -2.58. The maximum absolute atomic E-state index is 12.6. The van der Waals surface area contributed by atoms with Crippen LogP contribution < -0.4 is 5.32 Å². The molecule has 1 amide bonds. The van der Waals surface area contributed by atoms with Gasteiger partial charge in [0.15, 0.2) is 0 Å². The van der Waals surface area contributed by atoms with E-state index in [4.69, 9.17) is 9.72 Å². The molecule has 0 fully saturated rings. The predicted octanol–water partition coefficient (Wildman–Crippen LogP) is 3.33. The number of nitrogens with one attached hydrogen (secondary N) is 1. The average Bonchev–Trinajstić information content (AvgIpc) is 3.27. The number of nitrogens with zero attached hydrogens (tertiary/aromatic N) is 4. The van der Waals surface area contributed by atoms with Gasteiger partial charge in [0.1, 0.15) is 10.7 Å². The number of methoxy groups -OCH3 is 1. The Balaban J connectivity index is 1.97. The van der Waals surface area contributed by atoms with E-state index in [1.165, 1.54) is 11.3 Å². The van der Waals surface area contributed by atoms with Crippen molar-refractivity contribution < 1.29 is 9.53 Å². The van der Waals surface area contributed by atoms with Gasteiger partial charge in [0.2, 0.25) is 0 Å². The first-order valence-corrected chi connectivity index (χ1v) is 9.62. The molecule has 8 heteroatoms. The molecule has 0 unspecified atom stereocenters. The summed E-state index contributed by atoms with van der Waals surface area (Å²) in [4.78, 5) is 25.7. The lowest BCUT2D eigenvalue weighted by Crippen LogP contribution is -2.27. The maximum Gasteiger partial charge on any atom is 0.253 e. The summed E-state index contributed by atoms with van der Waals surface area (Å²) in [5, 5.41) is 5.68. The number of hydrogen-bond acceptors (Lipinski definition) is 6. The van der Waals surface area contributed by atoms with Crippen LogP contribution in [0.15, 0.2) is 30.0 Å². The topological polar surface area (TPSA) is 81.9 Å². The Morgan fingerprint density at radius 3 is 2.81 bits per heavy atom. The Labute approximate surface area is 162 Å². The molecule has 0 saturated heterocycles. The quantitative estimate of drug-likeness (QED) is 0.631. The van der Waals surface area contributed by atoms with E-state index in [1.54, 1.807) is 25.7 Å². The van der Waals surface area contributed by atoms with Gasteiger partial charge in [-0.1, -0.05) is 0 Å². The van der Waals surface area contributed by atoms with Gasteiger partial charge in [-0.3, -0.25) is 14.8 Å². The molecule has 0 atom stereocenters. The lowest BCUT2D eigenvalue weighted by molar-refractivity contribution is 0.0936. The highest BCUT2D eigenvalue weighted by Crippen LogP contribution is 2.32. The van der Waals surface area contributed by atoms with Gasteiger partial charge >= 0.3 is 0 Å². The molecule has 0 bridgehead atoms. The van der Waals surface area contributed by atoms with Gasteiger partial charge in [-0.15, -0.1) is 11.3 Å². The molecule has 0 radical (unpaired) electrons. The molecule has 0 aromatic carbocycles. The number of amides is 1. The van der Waals surface area contributed by atoms with E-state index in [0.717, 1.165) is 27.8 Å². The molecular weight excluding hydrogens is 362 g/mol. The van der Waals surface area contributed by atoms with E-state index >= 15 is 0 Å². The first-order valence-electron chi connectivity index (χ1n) is 8.74. The van der Waals surface area contributed by atoms with Crippen molar-refractivity contribution in [1.82, 2.24) is 24.8 Å². The maximum atomic E-state index is 12.6. The predicted molar refractivity (Wildman–Crippen MR) is 106 cm³/mol. The first kappa shape index (κ1) is 19.2. The minimum atomic E-state index is -0.102. The standard InChI is InChI=1S/C19H23N5O2S/c1-12(2)24-13(3)14(18(25)22-7-8-26-4)9-17(24)16-11-27-19(23-16)15-10-20-5-6-21-15/h5-6,9-12H,7-8H2,1-4H3,(H,22,25). The minimum Gasteiger partial charge on any atom is -0.383 e. The molecule has 3 heterocycles. The lowest BCUT2D eigenvalue weighted by atomic mass is 10.2. The van der Waals surface area contributed by atoms with E-state index in [2.05, 4.69) is 33.7 Å². The molecule has 0 aliphatic rings. The van der Waals surface area contributed by atoms with Crippen LogP contribution >= 0.6 is 11.3 Å². The van der Waals surface area contributed by atoms with Gasteiger partial charge in [0.25, 0.3) is 5.91 Å². The summed E-state index contributed by atoms with van der Waals surface area (Å²) in [5.74, 6) is -0.102. The van der Waals surface area contributed by atoms with Gasteiger partial charge in [0, 0.05) is 43.2 Å². The van der Waals surface area contributed by atoms with E-state index in [0.29, 0.717) is 18.7 Å². The highest BCUT2D eigenvalue weighted by molar-refractivity contribution is 7.13. The summed E-state index contributed by atoms with van der Waals surface area (Å²) in [7, 11) is 1.61. The van der Waals surface area contributed by atoms with Crippen molar-refractivity contribution in [3.63, 3.8) is 0 Å². The molecule has 27 heavy (non-hydrogen) atoms. The fraction of sp³-hybridized carbons (Fsp3) is 0.368. The molecule has 0 aliphatic carbocycles. The highest BCUT2D eigenvalue weighted by atomic mass is 32.1. The van der Waals surface area contributed by atoms with Gasteiger partial charge < -0.3 is 14.6 Å². The second-order valence-corrected chi connectivity index (χ2v) is 7.23. The van der Waals surface area contributed by atoms with Crippen LogP contribution in [0.4, 0.5) is 0 Å². The molecule has 0 aliphatic heterocycles. The van der Waals surface area contributed by atoms with Crippen LogP contribution in [0, 0.1) is 6.92 Å². The summed E-state index contributed by atoms with van der Waals surface area (Å²) in [6.45, 7) is 7.11. The van der Waals surface area contributed by atoms with E-state index in [1.807, 2.05) is 18.4 Å². The highest BCUT2D eigenvalue weighted by Gasteiger charge is 2.21. The Morgan fingerprint density at radius 1 is 1.33 bits per heavy atom. The second kappa shape index (κ2) is 8.41. The van der Waals surface area contributed by atoms with Gasteiger partial charge in [-0.2, -0.15) is 0 Å². The van der Waals surface area contributed by atoms with Crippen LogP contribution in [-0.2, 0) is 4.74 Å². The zero-order valence-electron chi connectivity index (χ0n) is 15.9.